The molecule has 0 saturated heterocycles. The Balaban J connectivity index is 1.51. The van der Waals surface area contributed by atoms with Crippen molar-refractivity contribution in [1.29, 1.82) is 0 Å². The molecule has 0 bridgehead atoms. The number of hydrogen-bond acceptors (Lipinski definition) is 5. The summed E-state index contributed by atoms with van der Waals surface area (Å²) in [5, 5.41) is 4.88. The first kappa shape index (κ1) is 18.7. The van der Waals surface area contributed by atoms with E-state index in [9.17, 15) is 9.59 Å². The molecule has 1 N–H and O–H groups in total. The second kappa shape index (κ2) is 9.54. The van der Waals surface area contributed by atoms with Gasteiger partial charge < -0.3 is 14.8 Å². The molecule has 2 aromatic carbocycles. The van der Waals surface area contributed by atoms with Gasteiger partial charge in [-0.05, 0) is 29.1 Å². The van der Waals surface area contributed by atoms with Gasteiger partial charge in [-0.2, -0.15) is 0 Å². The van der Waals surface area contributed by atoms with Crippen molar-refractivity contribution >= 4 is 23.2 Å². The van der Waals surface area contributed by atoms with Crippen molar-refractivity contribution in [1.82, 2.24) is 5.32 Å². The number of para-hydroxylation sites is 1. The Morgan fingerprint density at radius 1 is 0.889 bits per heavy atom. The van der Waals surface area contributed by atoms with Crippen LogP contribution in [0.15, 0.2) is 78.2 Å². The molecule has 1 atom stereocenters. The Morgan fingerprint density at radius 2 is 1.59 bits per heavy atom. The van der Waals surface area contributed by atoms with E-state index in [2.05, 4.69) is 5.32 Å². The molecule has 5 nitrogen and oxygen atoms in total. The van der Waals surface area contributed by atoms with Crippen molar-refractivity contribution < 1.29 is 19.1 Å². The summed E-state index contributed by atoms with van der Waals surface area (Å²) in [5.74, 6) is -0.396. The molecule has 6 heteroatoms. The zero-order valence-corrected chi connectivity index (χ0v) is 15.4. The van der Waals surface area contributed by atoms with Crippen LogP contribution in [-0.4, -0.2) is 25.1 Å². The van der Waals surface area contributed by atoms with E-state index in [1.807, 2.05) is 66.0 Å². The third-order valence-electron chi connectivity index (χ3n) is 3.73. The molecule has 0 aliphatic carbocycles. The SMILES string of the molecule is O=C(COC(=O)COc1ccccc1)N[C@@H](c1ccccc1)c1cccs1. The minimum atomic E-state index is -0.596. The maximum atomic E-state index is 12.3. The number of hydrogen-bond donors (Lipinski definition) is 1. The van der Waals surface area contributed by atoms with Gasteiger partial charge in [0.2, 0.25) is 0 Å². The van der Waals surface area contributed by atoms with Crippen LogP contribution in [0.3, 0.4) is 0 Å². The zero-order chi connectivity index (χ0) is 18.9. The van der Waals surface area contributed by atoms with Crippen LogP contribution in [0.25, 0.3) is 0 Å². The van der Waals surface area contributed by atoms with Crippen molar-refractivity contribution in [3.63, 3.8) is 0 Å². The number of carbonyl (C=O) groups excluding carboxylic acids is 2. The van der Waals surface area contributed by atoms with Gasteiger partial charge in [-0.1, -0.05) is 54.6 Å². The van der Waals surface area contributed by atoms with E-state index >= 15 is 0 Å². The van der Waals surface area contributed by atoms with Gasteiger partial charge in [0.15, 0.2) is 13.2 Å². The van der Waals surface area contributed by atoms with Crippen LogP contribution in [0, 0.1) is 0 Å². The van der Waals surface area contributed by atoms with Crippen LogP contribution >= 0.6 is 11.3 Å². The van der Waals surface area contributed by atoms with Gasteiger partial charge in [0.1, 0.15) is 5.75 Å². The van der Waals surface area contributed by atoms with Crippen LogP contribution in [0.1, 0.15) is 16.5 Å². The number of carbonyl (C=O) groups is 2. The molecule has 138 valence electrons. The molecule has 0 unspecified atom stereocenters. The third-order valence-corrected chi connectivity index (χ3v) is 4.67. The van der Waals surface area contributed by atoms with E-state index < -0.39 is 5.97 Å². The summed E-state index contributed by atoms with van der Waals surface area (Å²) in [7, 11) is 0. The zero-order valence-electron chi connectivity index (χ0n) is 14.5. The number of amides is 1. The summed E-state index contributed by atoms with van der Waals surface area (Å²) in [6.07, 6.45) is 0. The lowest BCUT2D eigenvalue weighted by molar-refractivity contribution is -0.150. The van der Waals surface area contributed by atoms with Gasteiger partial charge in [-0.25, -0.2) is 4.79 Å². The van der Waals surface area contributed by atoms with Crippen molar-refractivity contribution in [2.75, 3.05) is 13.2 Å². The average molecular weight is 381 g/mol. The summed E-state index contributed by atoms with van der Waals surface area (Å²) in [6, 6.07) is 22.2. The quantitative estimate of drug-likeness (QED) is 0.606. The van der Waals surface area contributed by atoms with Crippen molar-refractivity contribution in [3.05, 3.63) is 88.6 Å². The normalized spacial score (nSPS) is 11.4. The van der Waals surface area contributed by atoms with Crippen LogP contribution in [0.4, 0.5) is 0 Å². The molecule has 1 aromatic heterocycles. The van der Waals surface area contributed by atoms with E-state index in [1.54, 1.807) is 23.5 Å². The molecule has 27 heavy (non-hydrogen) atoms. The highest BCUT2D eigenvalue weighted by Crippen LogP contribution is 2.25. The number of rotatable bonds is 8. The third kappa shape index (κ3) is 5.69. The minimum Gasteiger partial charge on any atom is -0.482 e. The van der Waals surface area contributed by atoms with E-state index in [4.69, 9.17) is 9.47 Å². The van der Waals surface area contributed by atoms with Crippen LogP contribution in [0.5, 0.6) is 5.75 Å². The number of benzene rings is 2. The molecule has 0 radical (unpaired) electrons. The molecule has 0 aliphatic rings. The summed E-state index contributed by atoms with van der Waals surface area (Å²) >= 11 is 1.56. The van der Waals surface area contributed by atoms with E-state index in [0.717, 1.165) is 10.4 Å². The van der Waals surface area contributed by atoms with Gasteiger partial charge in [0.05, 0.1) is 6.04 Å². The standard InChI is InChI=1S/C21H19NO4S/c23-19(14-26-20(24)15-25-17-10-5-2-6-11-17)22-21(18-12-7-13-27-18)16-8-3-1-4-9-16/h1-13,21H,14-15H2,(H,22,23)/t21-/m0/s1. The predicted molar refractivity (Wildman–Crippen MR) is 104 cm³/mol. The molecule has 3 aromatic rings. The summed E-state index contributed by atoms with van der Waals surface area (Å²) < 4.78 is 10.3. The Morgan fingerprint density at radius 3 is 2.26 bits per heavy atom. The highest BCUT2D eigenvalue weighted by molar-refractivity contribution is 7.10. The van der Waals surface area contributed by atoms with Gasteiger partial charge in [0, 0.05) is 4.88 Å². The predicted octanol–water partition coefficient (Wildman–Crippen LogP) is 3.58. The van der Waals surface area contributed by atoms with Crippen molar-refractivity contribution in [2.24, 2.45) is 0 Å². The average Bonchev–Trinajstić information content (AvgIpc) is 3.25. The lowest BCUT2D eigenvalue weighted by Crippen LogP contribution is -2.33. The summed E-state index contributed by atoms with van der Waals surface area (Å²) in [6.45, 7) is -0.601. The molecule has 0 aliphatic heterocycles. The Labute approximate surface area is 161 Å². The fraction of sp³-hybridized carbons (Fsp3) is 0.143. The number of nitrogens with one attached hydrogen (secondary N) is 1. The smallest absolute Gasteiger partial charge is 0.344 e. The maximum absolute atomic E-state index is 12.3. The van der Waals surface area contributed by atoms with Crippen molar-refractivity contribution in [2.45, 2.75) is 6.04 Å². The van der Waals surface area contributed by atoms with Crippen LogP contribution in [0.2, 0.25) is 0 Å². The van der Waals surface area contributed by atoms with Gasteiger partial charge >= 0.3 is 5.97 Å². The molecule has 3 rings (SSSR count). The van der Waals surface area contributed by atoms with E-state index in [0.29, 0.717) is 5.75 Å². The first-order valence-corrected chi connectivity index (χ1v) is 9.31. The number of esters is 1. The topological polar surface area (TPSA) is 64.6 Å². The van der Waals surface area contributed by atoms with Crippen LogP contribution < -0.4 is 10.1 Å². The molecule has 0 fully saturated rings. The Hall–Kier alpha value is -3.12. The number of ether oxygens (including phenoxy) is 2. The second-order valence-electron chi connectivity index (χ2n) is 5.69. The lowest BCUT2D eigenvalue weighted by Gasteiger charge is -2.18. The fourth-order valence-electron chi connectivity index (χ4n) is 2.47. The summed E-state index contributed by atoms with van der Waals surface area (Å²) in [4.78, 5) is 25.1. The maximum Gasteiger partial charge on any atom is 0.344 e. The first-order valence-electron chi connectivity index (χ1n) is 8.43. The molecule has 1 amide bonds. The van der Waals surface area contributed by atoms with Crippen LogP contribution in [-0.2, 0) is 14.3 Å². The Kier molecular flexibility index (Phi) is 6.60. The molecular weight excluding hydrogens is 362 g/mol. The minimum absolute atomic E-state index is 0.246. The lowest BCUT2D eigenvalue weighted by atomic mass is 10.1. The summed E-state index contributed by atoms with van der Waals surface area (Å²) in [5.41, 5.74) is 0.965. The number of thiophene rings is 1. The van der Waals surface area contributed by atoms with E-state index in [-0.39, 0.29) is 25.2 Å². The highest BCUT2D eigenvalue weighted by Gasteiger charge is 2.18. The molecule has 0 spiro atoms. The largest absolute Gasteiger partial charge is 0.482 e. The first-order chi connectivity index (χ1) is 13.2. The highest BCUT2D eigenvalue weighted by atomic mass is 32.1. The molecule has 0 saturated carbocycles. The molecule has 1 heterocycles. The fourth-order valence-corrected chi connectivity index (χ4v) is 3.27. The second-order valence-corrected chi connectivity index (χ2v) is 6.67. The molecular formula is C21H19NO4S. The van der Waals surface area contributed by atoms with Gasteiger partial charge in [-0.15, -0.1) is 11.3 Å². The monoisotopic (exact) mass is 381 g/mol. The van der Waals surface area contributed by atoms with Crippen molar-refractivity contribution in [3.8, 4) is 5.75 Å². The van der Waals surface area contributed by atoms with Gasteiger partial charge in [0.25, 0.3) is 5.91 Å². The van der Waals surface area contributed by atoms with Gasteiger partial charge in [-0.3, -0.25) is 4.79 Å². The van der Waals surface area contributed by atoms with E-state index in [1.165, 1.54) is 0 Å². The Bertz CT molecular complexity index is 850.